The third-order valence-corrected chi connectivity index (χ3v) is 3.98. The summed E-state index contributed by atoms with van der Waals surface area (Å²) in [5.41, 5.74) is 6.19. The zero-order valence-corrected chi connectivity index (χ0v) is 15.6. The van der Waals surface area contributed by atoms with Gasteiger partial charge in [0.05, 0.1) is 10.7 Å². The van der Waals surface area contributed by atoms with E-state index in [2.05, 4.69) is 30.0 Å². The number of hydrogen-bond acceptors (Lipinski definition) is 3. The maximum Gasteiger partial charge on any atom is 0.337 e. The summed E-state index contributed by atoms with van der Waals surface area (Å²) in [7, 11) is 0. The molecule has 2 aromatic rings. The summed E-state index contributed by atoms with van der Waals surface area (Å²) in [6.07, 6.45) is -0.777. The van der Waals surface area contributed by atoms with E-state index in [1.807, 2.05) is 24.3 Å². The lowest BCUT2D eigenvalue weighted by atomic mass is 10.0. The van der Waals surface area contributed by atoms with Gasteiger partial charge >= 0.3 is 6.03 Å². The van der Waals surface area contributed by atoms with E-state index >= 15 is 0 Å². The number of para-hydroxylation sites is 1. The third-order valence-electron chi connectivity index (χ3n) is 3.65. The molecule has 2 aromatic carbocycles. The van der Waals surface area contributed by atoms with Gasteiger partial charge < -0.3 is 10.1 Å². The number of rotatable bonds is 5. The first-order chi connectivity index (χ1) is 12.4. The maximum absolute atomic E-state index is 12.0. The third kappa shape index (κ3) is 5.67. The lowest BCUT2D eigenvalue weighted by molar-refractivity contribution is -0.127. The van der Waals surface area contributed by atoms with Crippen LogP contribution in [-0.2, 0) is 4.79 Å². The standard InChI is InChI=1S/C19H22ClN3O3/c1-12(2)14-8-10-15(11-9-14)26-13(3)18(24)22-23-19(25)21-17-7-5-4-6-16(17)20/h4-13H,1-3H3,(H,22,24)(H2,21,23,25)/t13-/m0/s1. The van der Waals surface area contributed by atoms with Gasteiger partial charge in [-0.3, -0.25) is 10.2 Å². The van der Waals surface area contributed by atoms with Crippen LogP contribution in [0.2, 0.25) is 5.02 Å². The lowest BCUT2D eigenvalue weighted by Gasteiger charge is -2.16. The number of anilines is 1. The molecule has 0 aliphatic heterocycles. The first-order valence-electron chi connectivity index (χ1n) is 8.25. The van der Waals surface area contributed by atoms with Crippen molar-refractivity contribution >= 4 is 29.2 Å². The number of carbonyl (C=O) groups excluding carboxylic acids is 2. The Morgan fingerprint density at radius 2 is 1.62 bits per heavy atom. The highest BCUT2D eigenvalue weighted by Crippen LogP contribution is 2.20. The molecule has 0 heterocycles. The minimum atomic E-state index is -0.777. The zero-order valence-electron chi connectivity index (χ0n) is 14.9. The first-order valence-corrected chi connectivity index (χ1v) is 8.62. The second kappa shape index (κ2) is 9.10. The molecule has 0 saturated carbocycles. The van der Waals surface area contributed by atoms with Crippen molar-refractivity contribution in [2.24, 2.45) is 0 Å². The van der Waals surface area contributed by atoms with Crippen molar-refractivity contribution in [2.75, 3.05) is 5.32 Å². The molecule has 6 nitrogen and oxygen atoms in total. The number of halogens is 1. The maximum atomic E-state index is 12.0. The van der Waals surface area contributed by atoms with Crippen LogP contribution in [0.1, 0.15) is 32.3 Å². The SMILES string of the molecule is CC(C)c1ccc(O[C@@H](C)C(=O)NNC(=O)Nc2ccccc2Cl)cc1. The van der Waals surface area contributed by atoms with E-state index in [9.17, 15) is 9.59 Å². The second-order valence-electron chi connectivity index (χ2n) is 6.03. The van der Waals surface area contributed by atoms with Crippen LogP contribution >= 0.6 is 11.6 Å². The molecule has 0 saturated heterocycles. The number of hydrazine groups is 1. The van der Waals surface area contributed by atoms with Crippen LogP contribution in [0.4, 0.5) is 10.5 Å². The van der Waals surface area contributed by atoms with Gasteiger partial charge in [0.1, 0.15) is 5.75 Å². The smallest absolute Gasteiger partial charge is 0.337 e. The van der Waals surface area contributed by atoms with Crippen molar-refractivity contribution in [3.8, 4) is 5.75 Å². The molecule has 3 N–H and O–H groups in total. The highest BCUT2D eigenvalue weighted by atomic mass is 35.5. The minimum absolute atomic E-state index is 0.399. The Bertz CT molecular complexity index is 763. The van der Waals surface area contributed by atoms with E-state index in [0.717, 1.165) is 0 Å². The van der Waals surface area contributed by atoms with Gasteiger partial charge in [0, 0.05) is 0 Å². The first kappa shape index (κ1) is 19.6. The highest BCUT2D eigenvalue weighted by Gasteiger charge is 2.15. The minimum Gasteiger partial charge on any atom is -0.481 e. The summed E-state index contributed by atoms with van der Waals surface area (Å²) in [4.78, 5) is 23.9. The fraction of sp³-hybridized carbons (Fsp3) is 0.263. The predicted octanol–water partition coefficient (Wildman–Crippen LogP) is 4.08. The highest BCUT2D eigenvalue weighted by molar-refractivity contribution is 6.33. The van der Waals surface area contributed by atoms with Gasteiger partial charge in [0.25, 0.3) is 5.91 Å². The molecule has 0 unspecified atom stereocenters. The van der Waals surface area contributed by atoms with E-state index in [1.165, 1.54) is 5.56 Å². The molecule has 1 atom stereocenters. The summed E-state index contributed by atoms with van der Waals surface area (Å²) < 4.78 is 5.58. The fourth-order valence-electron chi connectivity index (χ4n) is 2.13. The van der Waals surface area contributed by atoms with Crippen LogP contribution < -0.4 is 20.9 Å². The average Bonchev–Trinajstić information content (AvgIpc) is 2.62. The molecular formula is C19H22ClN3O3. The molecule has 0 fully saturated rings. The molecule has 0 spiro atoms. The normalized spacial score (nSPS) is 11.6. The van der Waals surface area contributed by atoms with Crippen molar-refractivity contribution in [1.29, 1.82) is 0 Å². The number of ether oxygens (including phenoxy) is 1. The summed E-state index contributed by atoms with van der Waals surface area (Å²) in [6, 6.07) is 13.7. The zero-order chi connectivity index (χ0) is 19.1. The van der Waals surface area contributed by atoms with Gasteiger partial charge in [-0.05, 0) is 42.7 Å². The average molecular weight is 376 g/mol. The molecule has 0 aromatic heterocycles. The van der Waals surface area contributed by atoms with Crippen molar-refractivity contribution in [1.82, 2.24) is 10.9 Å². The molecule has 2 rings (SSSR count). The molecule has 26 heavy (non-hydrogen) atoms. The Labute approximate surface area is 157 Å². The van der Waals surface area contributed by atoms with Crippen LogP contribution in [0.25, 0.3) is 0 Å². The predicted molar refractivity (Wildman–Crippen MR) is 102 cm³/mol. The van der Waals surface area contributed by atoms with E-state index in [1.54, 1.807) is 31.2 Å². The number of nitrogens with one attached hydrogen (secondary N) is 3. The Hall–Kier alpha value is -2.73. The molecule has 0 aliphatic rings. The van der Waals surface area contributed by atoms with Crippen LogP contribution in [0, 0.1) is 0 Å². The topological polar surface area (TPSA) is 79.5 Å². The van der Waals surface area contributed by atoms with Gasteiger partial charge in [-0.2, -0.15) is 0 Å². The molecule has 0 bridgehead atoms. The summed E-state index contributed by atoms with van der Waals surface area (Å²) in [5, 5.41) is 2.93. The van der Waals surface area contributed by atoms with Gasteiger partial charge in [0.2, 0.25) is 0 Å². The van der Waals surface area contributed by atoms with Crippen molar-refractivity contribution in [3.05, 3.63) is 59.1 Å². The monoisotopic (exact) mass is 375 g/mol. The fourth-order valence-corrected chi connectivity index (χ4v) is 2.31. The van der Waals surface area contributed by atoms with Crippen molar-refractivity contribution < 1.29 is 14.3 Å². The van der Waals surface area contributed by atoms with Crippen molar-refractivity contribution in [3.63, 3.8) is 0 Å². The molecule has 7 heteroatoms. The van der Waals surface area contributed by atoms with Gasteiger partial charge in [-0.1, -0.05) is 49.7 Å². The Morgan fingerprint density at radius 1 is 0.962 bits per heavy atom. The number of benzene rings is 2. The van der Waals surface area contributed by atoms with Crippen LogP contribution in [-0.4, -0.2) is 18.0 Å². The van der Waals surface area contributed by atoms with Crippen LogP contribution in [0.15, 0.2) is 48.5 Å². The summed E-state index contributed by atoms with van der Waals surface area (Å²) in [6.45, 7) is 5.80. The van der Waals surface area contributed by atoms with Gasteiger partial charge in [-0.25, -0.2) is 10.2 Å². The summed E-state index contributed by atoms with van der Waals surface area (Å²) >= 11 is 5.95. The molecule has 0 aliphatic carbocycles. The molecule has 3 amide bonds. The van der Waals surface area contributed by atoms with Gasteiger partial charge in [0.15, 0.2) is 6.10 Å². The van der Waals surface area contributed by atoms with E-state index < -0.39 is 18.0 Å². The second-order valence-corrected chi connectivity index (χ2v) is 6.44. The molecule has 0 radical (unpaired) electrons. The summed E-state index contributed by atoms with van der Waals surface area (Å²) in [5.74, 6) is 0.524. The number of hydrogen-bond donors (Lipinski definition) is 3. The van der Waals surface area contributed by atoms with Crippen molar-refractivity contribution in [2.45, 2.75) is 32.8 Å². The van der Waals surface area contributed by atoms with Gasteiger partial charge in [-0.15, -0.1) is 0 Å². The van der Waals surface area contributed by atoms with E-state index in [-0.39, 0.29) is 0 Å². The number of carbonyl (C=O) groups is 2. The Morgan fingerprint density at radius 3 is 2.23 bits per heavy atom. The Kier molecular flexibility index (Phi) is 6.86. The van der Waals surface area contributed by atoms with Crippen LogP contribution in [0.3, 0.4) is 0 Å². The molecular weight excluding hydrogens is 354 g/mol. The molecule has 138 valence electrons. The van der Waals surface area contributed by atoms with E-state index in [0.29, 0.717) is 22.4 Å². The Balaban J connectivity index is 1.81. The van der Waals surface area contributed by atoms with E-state index in [4.69, 9.17) is 16.3 Å². The number of urea groups is 1. The lowest BCUT2D eigenvalue weighted by Crippen LogP contribution is -2.48. The quantitative estimate of drug-likeness (QED) is 0.689. The van der Waals surface area contributed by atoms with Crippen LogP contribution in [0.5, 0.6) is 5.75 Å². The largest absolute Gasteiger partial charge is 0.481 e. The number of amides is 3.